The van der Waals surface area contributed by atoms with E-state index in [4.69, 9.17) is 4.98 Å². The van der Waals surface area contributed by atoms with Crippen molar-refractivity contribution in [2.24, 2.45) is 0 Å². The molecule has 204 valence electrons. The van der Waals surface area contributed by atoms with Crippen molar-refractivity contribution in [3.05, 3.63) is 72.6 Å². The summed E-state index contributed by atoms with van der Waals surface area (Å²) in [6.07, 6.45) is 5.61. The standard InChI is InChI=1S/C29H34N6O3S/c1-20(36)34-15-12-22(13-16-34)21-8-10-24(11-9-21)31-28-30-19-23-14-17-35(27(23)32-28)26-7-5-6-25(18-26)33-39(37,38)29(2,3)4/h5-11,14,17-19,22,33H,12-13,15-16H2,1-4H3,(H,30,31,32). The largest absolute Gasteiger partial charge is 0.343 e. The van der Waals surface area contributed by atoms with Crippen LogP contribution in [0.25, 0.3) is 16.7 Å². The lowest BCUT2D eigenvalue weighted by Crippen LogP contribution is -2.36. The molecule has 2 aromatic carbocycles. The molecule has 5 rings (SSSR count). The molecule has 3 heterocycles. The summed E-state index contributed by atoms with van der Waals surface area (Å²) >= 11 is 0. The van der Waals surface area contributed by atoms with Gasteiger partial charge in [0, 0.05) is 49.2 Å². The van der Waals surface area contributed by atoms with Gasteiger partial charge in [-0.15, -0.1) is 0 Å². The first-order chi connectivity index (χ1) is 18.5. The summed E-state index contributed by atoms with van der Waals surface area (Å²) in [5.41, 5.74) is 4.14. The van der Waals surface area contributed by atoms with Gasteiger partial charge in [-0.1, -0.05) is 18.2 Å². The molecule has 2 aromatic heterocycles. The first-order valence-corrected chi connectivity index (χ1v) is 14.6. The minimum Gasteiger partial charge on any atom is -0.343 e. The van der Waals surface area contributed by atoms with E-state index in [1.54, 1.807) is 46.0 Å². The second kappa shape index (κ2) is 10.3. The molecule has 4 aromatic rings. The molecule has 10 heteroatoms. The molecule has 2 N–H and O–H groups in total. The Morgan fingerprint density at radius 2 is 1.72 bits per heavy atom. The Labute approximate surface area is 229 Å². The van der Waals surface area contributed by atoms with Gasteiger partial charge in [-0.25, -0.2) is 13.4 Å². The second-order valence-corrected chi connectivity index (χ2v) is 13.4. The fourth-order valence-electron chi connectivity index (χ4n) is 4.71. The SMILES string of the molecule is CC(=O)N1CCC(c2ccc(Nc3ncc4ccn(-c5cccc(NS(=O)(=O)C(C)(C)C)c5)c4n3)cc2)CC1. The molecule has 1 amide bonds. The van der Waals surface area contributed by atoms with Crippen molar-refractivity contribution in [3.63, 3.8) is 0 Å². The maximum absolute atomic E-state index is 12.6. The van der Waals surface area contributed by atoms with Crippen LogP contribution in [0.15, 0.2) is 67.0 Å². The molecule has 9 nitrogen and oxygen atoms in total. The number of fused-ring (bicyclic) bond motifs is 1. The van der Waals surface area contributed by atoms with Gasteiger partial charge in [0.05, 0.1) is 10.4 Å². The Balaban J connectivity index is 1.33. The molecular weight excluding hydrogens is 512 g/mol. The highest BCUT2D eigenvalue weighted by molar-refractivity contribution is 7.94. The molecule has 0 spiro atoms. The van der Waals surface area contributed by atoms with Crippen molar-refractivity contribution in [1.29, 1.82) is 0 Å². The topological polar surface area (TPSA) is 109 Å². The number of hydrogen-bond acceptors (Lipinski definition) is 6. The summed E-state index contributed by atoms with van der Waals surface area (Å²) in [5.74, 6) is 1.07. The van der Waals surface area contributed by atoms with Crippen molar-refractivity contribution < 1.29 is 13.2 Å². The minimum absolute atomic E-state index is 0.147. The molecule has 0 atom stereocenters. The zero-order valence-electron chi connectivity index (χ0n) is 22.7. The zero-order chi connectivity index (χ0) is 27.8. The molecule has 39 heavy (non-hydrogen) atoms. The van der Waals surface area contributed by atoms with Gasteiger partial charge in [-0.3, -0.25) is 9.52 Å². The van der Waals surface area contributed by atoms with Gasteiger partial charge in [0.25, 0.3) is 0 Å². The van der Waals surface area contributed by atoms with Gasteiger partial charge >= 0.3 is 0 Å². The number of nitrogens with one attached hydrogen (secondary N) is 2. The number of nitrogens with zero attached hydrogens (tertiary/aromatic N) is 4. The Morgan fingerprint density at radius 1 is 1.00 bits per heavy atom. The second-order valence-electron chi connectivity index (χ2n) is 11.0. The highest BCUT2D eigenvalue weighted by Crippen LogP contribution is 2.30. The van der Waals surface area contributed by atoms with Gasteiger partial charge in [0.1, 0.15) is 5.65 Å². The summed E-state index contributed by atoms with van der Waals surface area (Å²) in [5, 5.41) is 4.16. The lowest BCUT2D eigenvalue weighted by molar-refractivity contribution is -0.129. The number of hydrogen-bond donors (Lipinski definition) is 2. The van der Waals surface area contributed by atoms with Gasteiger partial charge in [0.15, 0.2) is 0 Å². The number of amides is 1. The Hall–Kier alpha value is -3.92. The fourth-order valence-corrected chi connectivity index (χ4v) is 5.45. The Kier molecular flexibility index (Phi) is 7.07. The van der Waals surface area contributed by atoms with Crippen LogP contribution in [0.1, 0.15) is 52.0 Å². The van der Waals surface area contributed by atoms with Gasteiger partial charge in [-0.2, -0.15) is 4.98 Å². The molecule has 0 unspecified atom stereocenters. The summed E-state index contributed by atoms with van der Waals surface area (Å²) in [7, 11) is -3.55. The van der Waals surface area contributed by atoms with Crippen LogP contribution in [0.3, 0.4) is 0 Å². The van der Waals surface area contributed by atoms with Crippen LogP contribution in [0.2, 0.25) is 0 Å². The van der Waals surface area contributed by atoms with Gasteiger partial charge < -0.3 is 14.8 Å². The van der Waals surface area contributed by atoms with E-state index in [2.05, 4.69) is 27.2 Å². The highest BCUT2D eigenvalue weighted by atomic mass is 32.2. The fraction of sp³-hybridized carbons (Fsp3) is 0.345. The van der Waals surface area contributed by atoms with Gasteiger partial charge in [-0.05, 0) is 81.5 Å². The van der Waals surface area contributed by atoms with Crippen molar-refractivity contribution in [1.82, 2.24) is 19.4 Å². The van der Waals surface area contributed by atoms with E-state index in [1.165, 1.54) is 5.56 Å². The summed E-state index contributed by atoms with van der Waals surface area (Å²) in [6.45, 7) is 8.23. The minimum atomic E-state index is -3.55. The molecule has 1 saturated heterocycles. The number of carbonyl (C=O) groups is 1. The van der Waals surface area contributed by atoms with Crippen molar-refractivity contribution in [3.8, 4) is 5.69 Å². The third-order valence-electron chi connectivity index (χ3n) is 7.19. The van der Waals surface area contributed by atoms with Crippen molar-refractivity contribution in [2.45, 2.75) is 51.2 Å². The van der Waals surface area contributed by atoms with E-state index in [0.29, 0.717) is 23.2 Å². The number of aromatic nitrogens is 3. The molecule has 0 radical (unpaired) electrons. The van der Waals surface area contributed by atoms with Crippen molar-refractivity contribution >= 4 is 44.3 Å². The lowest BCUT2D eigenvalue weighted by Gasteiger charge is -2.31. The number of sulfonamides is 1. The highest BCUT2D eigenvalue weighted by Gasteiger charge is 2.29. The monoisotopic (exact) mass is 546 g/mol. The lowest BCUT2D eigenvalue weighted by atomic mass is 9.89. The van der Waals surface area contributed by atoms with Crippen LogP contribution >= 0.6 is 0 Å². The number of likely N-dealkylation sites (tertiary alicyclic amines) is 1. The van der Waals surface area contributed by atoms with Crippen LogP contribution in [0.4, 0.5) is 17.3 Å². The average Bonchev–Trinajstić information content (AvgIpc) is 3.32. The third kappa shape index (κ3) is 5.75. The summed E-state index contributed by atoms with van der Waals surface area (Å²) in [6, 6.07) is 17.5. The normalized spacial score (nSPS) is 14.9. The number of carbonyl (C=O) groups excluding carboxylic acids is 1. The van der Waals surface area contributed by atoms with Crippen molar-refractivity contribution in [2.75, 3.05) is 23.1 Å². The average molecular weight is 547 g/mol. The zero-order valence-corrected chi connectivity index (χ0v) is 23.5. The maximum atomic E-state index is 12.6. The number of rotatable bonds is 6. The molecule has 1 fully saturated rings. The molecular formula is C29H34N6O3S. The number of piperidine rings is 1. The third-order valence-corrected chi connectivity index (χ3v) is 9.31. The van der Waals surface area contributed by atoms with E-state index < -0.39 is 14.8 Å². The smallest absolute Gasteiger partial charge is 0.237 e. The predicted octanol–water partition coefficient (Wildman–Crippen LogP) is 5.43. The quantitative estimate of drug-likeness (QED) is 0.334. The molecule has 0 aliphatic carbocycles. The first kappa shape index (κ1) is 26.7. The van der Waals surface area contributed by atoms with E-state index >= 15 is 0 Å². The number of benzene rings is 2. The van der Waals surface area contributed by atoms with Crippen LogP contribution in [0, 0.1) is 0 Å². The molecule has 0 saturated carbocycles. The Morgan fingerprint density at radius 3 is 2.38 bits per heavy atom. The van der Waals surface area contributed by atoms with Crippen LogP contribution in [-0.4, -0.2) is 51.6 Å². The van der Waals surface area contributed by atoms with E-state index in [-0.39, 0.29) is 5.91 Å². The van der Waals surface area contributed by atoms with Gasteiger partial charge in [0.2, 0.25) is 21.9 Å². The van der Waals surface area contributed by atoms with E-state index in [0.717, 1.165) is 42.7 Å². The van der Waals surface area contributed by atoms with Crippen LogP contribution in [-0.2, 0) is 14.8 Å². The summed E-state index contributed by atoms with van der Waals surface area (Å²) in [4.78, 5) is 22.7. The molecule has 1 aliphatic rings. The Bertz CT molecular complexity index is 1600. The predicted molar refractivity (Wildman–Crippen MR) is 155 cm³/mol. The van der Waals surface area contributed by atoms with Crippen LogP contribution < -0.4 is 10.0 Å². The van der Waals surface area contributed by atoms with Crippen LogP contribution in [0.5, 0.6) is 0 Å². The maximum Gasteiger partial charge on any atom is 0.237 e. The number of anilines is 3. The van der Waals surface area contributed by atoms with E-state index in [1.807, 2.05) is 46.0 Å². The first-order valence-electron chi connectivity index (χ1n) is 13.1. The molecule has 1 aliphatic heterocycles. The summed E-state index contributed by atoms with van der Waals surface area (Å²) < 4.78 is 28.9. The molecule has 0 bridgehead atoms. The van der Waals surface area contributed by atoms with E-state index in [9.17, 15) is 13.2 Å².